The van der Waals surface area contributed by atoms with Crippen molar-refractivity contribution in [3.8, 4) is 17.2 Å². The fourth-order valence-corrected chi connectivity index (χ4v) is 2.46. The molecule has 25 heavy (non-hydrogen) atoms. The van der Waals surface area contributed by atoms with Gasteiger partial charge < -0.3 is 9.47 Å². The highest BCUT2D eigenvalue weighted by atomic mass is 35.5. The average molecular weight is 361 g/mol. The minimum atomic E-state index is -0.709. The van der Waals surface area contributed by atoms with Crippen molar-refractivity contribution in [1.29, 1.82) is 0 Å². The Balaban J connectivity index is 1.68. The molecule has 128 valence electrons. The van der Waals surface area contributed by atoms with Gasteiger partial charge in [0.05, 0.1) is 5.02 Å². The molecule has 0 heterocycles. The monoisotopic (exact) mass is 360 g/mol. The highest BCUT2D eigenvalue weighted by Gasteiger charge is 2.07. The van der Waals surface area contributed by atoms with Crippen LogP contribution in [0.15, 0.2) is 60.7 Å². The third-order valence-electron chi connectivity index (χ3n) is 3.49. The fraction of sp³-hybridized carbons (Fsp3) is 0.100. The molecule has 3 rings (SSSR count). The molecule has 0 amide bonds. The molecule has 0 unspecified atom stereocenters. The van der Waals surface area contributed by atoms with E-state index in [0.29, 0.717) is 23.1 Å². The van der Waals surface area contributed by atoms with Crippen LogP contribution in [0.3, 0.4) is 0 Å². The van der Waals surface area contributed by atoms with Crippen molar-refractivity contribution < 1.29 is 18.3 Å². The van der Waals surface area contributed by atoms with Gasteiger partial charge in [-0.15, -0.1) is 0 Å². The molecule has 0 fully saturated rings. The molecule has 0 saturated heterocycles. The Kier molecular flexibility index (Phi) is 5.19. The van der Waals surface area contributed by atoms with Crippen LogP contribution in [0, 0.1) is 18.6 Å². The van der Waals surface area contributed by atoms with Gasteiger partial charge >= 0.3 is 0 Å². The van der Waals surface area contributed by atoms with E-state index in [1.54, 1.807) is 12.1 Å². The summed E-state index contributed by atoms with van der Waals surface area (Å²) in [7, 11) is 0. The van der Waals surface area contributed by atoms with Crippen molar-refractivity contribution in [3.05, 3.63) is 88.4 Å². The van der Waals surface area contributed by atoms with Crippen LogP contribution in [0.5, 0.6) is 17.2 Å². The van der Waals surface area contributed by atoms with Crippen LogP contribution in [0.2, 0.25) is 5.02 Å². The SMILES string of the molecule is Cc1ccc(COc2ccc(Oc3cc(F)cc(F)c3)cc2Cl)cc1. The molecule has 0 aliphatic carbocycles. The van der Waals surface area contributed by atoms with Gasteiger partial charge in [-0.2, -0.15) is 0 Å². The Morgan fingerprint density at radius 2 is 1.52 bits per heavy atom. The largest absolute Gasteiger partial charge is 0.487 e. The number of benzene rings is 3. The normalized spacial score (nSPS) is 10.6. The number of aryl methyl sites for hydroxylation is 1. The lowest BCUT2D eigenvalue weighted by Crippen LogP contribution is -1.96. The van der Waals surface area contributed by atoms with Crippen LogP contribution >= 0.6 is 11.6 Å². The molecule has 3 aromatic rings. The summed E-state index contributed by atoms with van der Waals surface area (Å²) in [5, 5.41) is 0.349. The highest BCUT2D eigenvalue weighted by molar-refractivity contribution is 6.32. The van der Waals surface area contributed by atoms with E-state index in [9.17, 15) is 8.78 Å². The summed E-state index contributed by atoms with van der Waals surface area (Å²) in [5.41, 5.74) is 2.20. The molecule has 0 saturated carbocycles. The van der Waals surface area contributed by atoms with Crippen LogP contribution < -0.4 is 9.47 Å². The molecule has 0 N–H and O–H groups in total. The zero-order valence-electron chi connectivity index (χ0n) is 13.4. The minimum Gasteiger partial charge on any atom is -0.487 e. The van der Waals surface area contributed by atoms with Gasteiger partial charge in [0.1, 0.15) is 35.5 Å². The summed E-state index contributed by atoms with van der Waals surface area (Å²) in [4.78, 5) is 0. The molecule has 0 spiro atoms. The van der Waals surface area contributed by atoms with Crippen LogP contribution in [-0.2, 0) is 6.61 Å². The van der Waals surface area contributed by atoms with Crippen molar-refractivity contribution in [3.63, 3.8) is 0 Å². The summed E-state index contributed by atoms with van der Waals surface area (Å²) in [6.45, 7) is 2.40. The van der Waals surface area contributed by atoms with Gasteiger partial charge in [0, 0.05) is 24.3 Å². The van der Waals surface area contributed by atoms with Gasteiger partial charge in [0.2, 0.25) is 0 Å². The molecule has 0 atom stereocenters. The first-order valence-electron chi connectivity index (χ1n) is 7.61. The van der Waals surface area contributed by atoms with Crippen molar-refractivity contribution in [2.24, 2.45) is 0 Å². The van der Waals surface area contributed by atoms with E-state index < -0.39 is 11.6 Å². The third kappa shape index (κ3) is 4.70. The molecule has 3 aromatic carbocycles. The lowest BCUT2D eigenvalue weighted by Gasteiger charge is -2.11. The first kappa shape index (κ1) is 17.2. The Morgan fingerprint density at radius 1 is 0.840 bits per heavy atom. The molecule has 0 bridgehead atoms. The predicted molar refractivity (Wildman–Crippen MR) is 93.4 cm³/mol. The van der Waals surface area contributed by atoms with Crippen LogP contribution in [-0.4, -0.2) is 0 Å². The number of rotatable bonds is 5. The van der Waals surface area contributed by atoms with E-state index in [0.717, 1.165) is 23.8 Å². The Hall–Kier alpha value is -2.59. The van der Waals surface area contributed by atoms with E-state index in [1.165, 1.54) is 11.6 Å². The van der Waals surface area contributed by atoms with E-state index in [2.05, 4.69) is 0 Å². The topological polar surface area (TPSA) is 18.5 Å². The Bertz CT molecular complexity index is 859. The zero-order chi connectivity index (χ0) is 17.8. The summed E-state index contributed by atoms with van der Waals surface area (Å²) < 4.78 is 37.5. The van der Waals surface area contributed by atoms with Gasteiger partial charge in [0.25, 0.3) is 0 Å². The molecule has 0 aliphatic rings. The van der Waals surface area contributed by atoms with Gasteiger partial charge in [-0.05, 0) is 24.6 Å². The smallest absolute Gasteiger partial charge is 0.138 e. The average Bonchev–Trinajstić information content (AvgIpc) is 2.55. The van der Waals surface area contributed by atoms with Crippen LogP contribution in [0.1, 0.15) is 11.1 Å². The van der Waals surface area contributed by atoms with E-state index >= 15 is 0 Å². The maximum atomic E-state index is 13.2. The molecule has 0 aromatic heterocycles. The molecule has 2 nitrogen and oxygen atoms in total. The summed E-state index contributed by atoms with van der Waals surface area (Å²) >= 11 is 6.20. The van der Waals surface area contributed by atoms with E-state index in [-0.39, 0.29) is 5.75 Å². The second-order valence-corrected chi connectivity index (χ2v) is 5.98. The summed E-state index contributed by atoms with van der Waals surface area (Å²) in [6, 6.07) is 15.8. The third-order valence-corrected chi connectivity index (χ3v) is 3.79. The van der Waals surface area contributed by atoms with Crippen molar-refractivity contribution in [2.45, 2.75) is 13.5 Å². The second-order valence-electron chi connectivity index (χ2n) is 5.57. The van der Waals surface area contributed by atoms with Crippen LogP contribution in [0.4, 0.5) is 8.78 Å². The van der Waals surface area contributed by atoms with Crippen LogP contribution in [0.25, 0.3) is 0 Å². The Morgan fingerprint density at radius 3 is 2.16 bits per heavy atom. The van der Waals surface area contributed by atoms with Crippen molar-refractivity contribution >= 4 is 11.6 Å². The standard InChI is InChI=1S/C20H15ClF2O2/c1-13-2-4-14(5-3-13)12-24-20-7-6-17(11-19(20)21)25-18-9-15(22)8-16(23)10-18/h2-11H,12H2,1H3. The fourth-order valence-electron chi connectivity index (χ4n) is 2.23. The van der Waals surface area contributed by atoms with Gasteiger partial charge in [0.15, 0.2) is 0 Å². The first-order valence-corrected chi connectivity index (χ1v) is 7.99. The quantitative estimate of drug-likeness (QED) is 0.531. The lowest BCUT2D eigenvalue weighted by atomic mass is 10.2. The molecule has 0 aliphatic heterocycles. The number of hydrogen-bond donors (Lipinski definition) is 0. The summed E-state index contributed by atoms with van der Waals surface area (Å²) in [6.07, 6.45) is 0. The molecule has 0 radical (unpaired) electrons. The van der Waals surface area contributed by atoms with Gasteiger partial charge in [-0.3, -0.25) is 0 Å². The maximum absolute atomic E-state index is 13.2. The van der Waals surface area contributed by atoms with Crippen molar-refractivity contribution in [2.75, 3.05) is 0 Å². The van der Waals surface area contributed by atoms with Gasteiger partial charge in [-0.25, -0.2) is 8.78 Å². The zero-order valence-corrected chi connectivity index (χ0v) is 14.2. The van der Waals surface area contributed by atoms with E-state index in [4.69, 9.17) is 21.1 Å². The highest BCUT2D eigenvalue weighted by Crippen LogP contribution is 2.32. The number of halogens is 3. The van der Waals surface area contributed by atoms with E-state index in [1.807, 2.05) is 31.2 Å². The lowest BCUT2D eigenvalue weighted by molar-refractivity contribution is 0.306. The molecular weight excluding hydrogens is 346 g/mol. The molecular formula is C20H15ClF2O2. The summed E-state index contributed by atoms with van der Waals surface area (Å²) in [5.74, 6) is -0.502. The number of hydrogen-bond acceptors (Lipinski definition) is 2. The Labute approximate surface area is 149 Å². The maximum Gasteiger partial charge on any atom is 0.138 e. The minimum absolute atomic E-state index is 0.0573. The molecule has 5 heteroatoms. The predicted octanol–water partition coefficient (Wildman–Crippen LogP) is 6.30. The van der Waals surface area contributed by atoms with Crippen molar-refractivity contribution in [1.82, 2.24) is 0 Å². The second kappa shape index (κ2) is 7.53. The first-order chi connectivity index (χ1) is 12.0. The van der Waals surface area contributed by atoms with Gasteiger partial charge in [-0.1, -0.05) is 41.4 Å². The number of ether oxygens (including phenoxy) is 2.